The van der Waals surface area contributed by atoms with Gasteiger partial charge in [0.15, 0.2) is 0 Å². The molecule has 0 saturated carbocycles. The van der Waals surface area contributed by atoms with Crippen molar-refractivity contribution in [3.8, 4) is 0 Å². The van der Waals surface area contributed by atoms with E-state index in [0.717, 1.165) is 75.5 Å². The summed E-state index contributed by atoms with van der Waals surface area (Å²) in [4.78, 5) is 31.1. The lowest BCUT2D eigenvalue weighted by molar-refractivity contribution is 0.0783. The number of carbonyl (C=O) groups is 1. The van der Waals surface area contributed by atoms with Gasteiger partial charge in [0.1, 0.15) is 11.5 Å². The maximum Gasteiger partial charge on any atom is 0.273 e. The van der Waals surface area contributed by atoms with Crippen molar-refractivity contribution >= 4 is 11.9 Å². The van der Waals surface area contributed by atoms with Crippen molar-refractivity contribution < 1.29 is 4.79 Å². The Morgan fingerprint density at radius 1 is 1.21 bits per heavy atom. The number of anilines is 1. The van der Waals surface area contributed by atoms with E-state index in [2.05, 4.69) is 36.7 Å². The Labute approximate surface area is 166 Å². The zero-order chi connectivity index (χ0) is 19.5. The van der Waals surface area contributed by atoms with Gasteiger partial charge in [-0.05, 0) is 19.3 Å². The summed E-state index contributed by atoms with van der Waals surface area (Å²) in [5.41, 5.74) is 2.55. The molecule has 2 aromatic heterocycles. The molecule has 28 heavy (non-hydrogen) atoms. The number of amides is 1. The number of carbonyl (C=O) groups excluding carboxylic acids is 1. The highest BCUT2D eigenvalue weighted by Crippen LogP contribution is 2.25. The van der Waals surface area contributed by atoms with Crippen molar-refractivity contribution in [1.29, 1.82) is 0 Å². The number of imidazole rings is 1. The van der Waals surface area contributed by atoms with Gasteiger partial charge in [-0.3, -0.25) is 9.69 Å². The summed E-state index contributed by atoms with van der Waals surface area (Å²) in [6.07, 6.45) is 7.96. The molecule has 0 bridgehead atoms. The molecule has 150 valence electrons. The lowest BCUT2D eigenvalue weighted by Gasteiger charge is -2.30. The highest BCUT2D eigenvalue weighted by Gasteiger charge is 2.29. The molecular weight excluding hydrogens is 354 g/mol. The van der Waals surface area contributed by atoms with Crippen LogP contribution < -0.4 is 5.32 Å². The Hall–Kier alpha value is -2.48. The normalized spacial score (nSPS) is 17.0. The Kier molecular flexibility index (Phi) is 5.57. The minimum absolute atomic E-state index is 0.0435. The van der Waals surface area contributed by atoms with E-state index in [1.807, 2.05) is 17.3 Å². The zero-order valence-corrected chi connectivity index (χ0v) is 16.8. The van der Waals surface area contributed by atoms with Gasteiger partial charge in [-0.2, -0.15) is 0 Å². The first-order chi connectivity index (χ1) is 13.7. The Balaban J connectivity index is 1.59. The van der Waals surface area contributed by atoms with Crippen molar-refractivity contribution in [2.45, 2.75) is 52.2 Å². The van der Waals surface area contributed by atoms with Crippen LogP contribution in [-0.4, -0.2) is 61.9 Å². The van der Waals surface area contributed by atoms with Crippen molar-refractivity contribution in [2.24, 2.45) is 0 Å². The molecule has 4 heterocycles. The summed E-state index contributed by atoms with van der Waals surface area (Å²) >= 11 is 0. The van der Waals surface area contributed by atoms with Crippen LogP contribution >= 0.6 is 0 Å². The van der Waals surface area contributed by atoms with Gasteiger partial charge in [0, 0.05) is 64.1 Å². The van der Waals surface area contributed by atoms with Gasteiger partial charge in [0.2, 0.25) is 5.95 Å². The van der Waals surface area contributed by atoms with Crippen LogP contribution in [0.4, 0.5) is 5.95 Å². The van der Waals surface area contributed by atoms with Gasteiger partial charge in [-0.25, -0.2) is 15.0 Å². The number of aromatic nitrogens is 4. The first kappa shape index (κ1) is 18.9. The number of likely N-dealkylation sites (tertiary alicyclic amines) is 1. The van der Waals surface area contributed by atoms with Crippen molar-refractivity contribution in [2.75, 3.05) is 32.0 Å². The largest absolute Gasteiger partial charge is 0.357 e. The minimum atomic E-state index is 0.0435. The van der Waals surface area contributed by atoms with E-state index in [0.29, 0.717) is 18.2 Å². The van der Waals surface area contributed by atoms with Crippen molar-refractivity contribution in [3.05, 3.63) is 35.2 Å². The minimum Gasteiger partial charge on any atom is -0.357 e. The lowest BCUT2D eigenvalue weighted by Crippen LogP contribution is -2.36. The lowest BCUT2D eigenvalue weighted by atomic mass is 10.0. The van der Waals surface area contributed by atoms with Gasteiger partial charge < -0.3 is 14.8 Å². The van der Waals surface area contributed by atoms with E-state index in [1.165, 1.54) is 0 Å². The van der Waals surface area contributed by atoms with E-state index in [4.69, 9.17) is 0 Å². The standard InChI is InChI=1S/C20H29N7O/c1-3-8-26-12-7-22-17(26)14-25-11-6-16-15(13-25)18(24-20(21-2)23-16)19(28)27-9-4-5-10-27/h7,12H,3-6,8-11,13-14H2,1-2H3,(H,21,23,24). The smallest absolute Gasteiger partial charge is 0.273 e. The molecule has 1 fully saturated rings. The van der Waals surface area contributed by atoms with Crippen LogP contribution in [0.25, 0.3) is 0 Å². The number of rotatable bonds is 6. The topological polar surface area (TPSA) is 79.2 Å². The second-order valence-electron chi connectivity index (χ2n) is 7.57. The van der Waals surface area contributed by atoms with E-state index in [-0.39, 0.29) is 5.91 Å². The SMILES string of the molecule is CCCn1ccnc1CN1CCc2nc(NC)nc(C(=O)N3CCCC3)c2C1. The molecule has 0 aliphatic carbocycles. The summed E-state index contributed by atoms with van der Waals surface area (Å²) in [5, 5.41) is 3.01. The van der Waals surface area contributed by atoms with Crippen LogP contribution in [-0.2, 0) is 26.1 Å². The van der Waals surface area contributed by atoms with Crippen LogP contribution in [0, 0.1) is 0 Å². The summed E-state index contributed by atoms with van der Waals surface area (Å²) in [6, 6.07) is 0. The summed E-state index contributed by atoms with van der Waals surface area (Å²) < 4.78 is 2.21. The summed E-state index contributed by atoms with van der Waals surface area (Å²) in [5.74, 6) is 1.65. The third-order valence-corrected chi connectivity index (χ3v) is 5.59. The molecule has 1 amide bonds. The summed E-state index contributed by atoms with van der Waals surface area (Å²) in [6.45, 7) is 7.17. The number of nitrogens with one attached hydrogen (secondary N) is 1. The maximum absolute atomic E-state index is 13.1. The Morgan fingerprint density at radius 3 is 2.79 bits per heavy atom. The van der Waals surface area contributed by atoms with Crippen LogP contribution in [0.5, 0.6) is 0 Å². The molecular formula is C20H29N7O. The van der Waals surface area contributed by atoms with Gasteiger partial charge in [0.25, 0.3) is 5.91 Å². The number of aryl methyl sites for hydroxylation is 1. The van der Waals surface area contributed by atoms with Gasteiger partial charge in [0.05, 0.1) is 12.2 Å². The maximum atomic E-state index is 13.1. The fraction of sp³-hybridized carbons (Fsp3) is 0.600. The number of hydrogen-bond acceptors (Lipinski definition) is 6. The van der Waals surface area contributed by atoms with Gasteiger partial charge in [-0.1, -0.05) is 6.92 Å². The molecule has 0 spiro atoms. The third kappa shape index (κ3) is 3.73. The summed E-state index contributed by atoms with van der Waals surface area (Å²) in [7, 11) is 1.80. The number of hydrogen-bond donors (Lipinski definition) is 1. The molecule has 0 atom stereocenters. The fourth-order valence-electron chi connectivity index (χ4n) is 4.10. The molecule has 0 aromatic carbocycles. The molecule has 8 heteroatoms. The molecule has 2 aliphatic heterocycles. The number of fused-ring (bicyclic) bond motifs is 1. The fourth-order valence-corrected chi connectivity index (χ4v) is 4.10. The Morgan fingerprint density at radius 2 is 2.04 bits per heavy atom. The predicted molar refractivity (Wildman–Crippen MR) is 107 cm³/mol. The first-order valence-electron chi connectivity index (χ1n) is 10.3. The second kappa shape index (κ2) is 8.26. The zero-order valence-electron chi connectivity index (χ0n) is 16.8. The molecule has 1 N–H and O–H groups in total. The van der Waals surface area contributed by atoms with Crippen LogP contribution in [0.1, 0.15) is 53.8 Å². The predicted octanol–water partition coefficient (Wildman–Crippen LogP) is 1.92. The quantitative estimate of drug-likeness (QED) is 0.821. The molecule has 0 radical (unpaired) electrons. The average molecular weight is 384 g/mol. The van der Waals surface area contributed by atoms with Crippen molar-refractivity contribution in [1.82, 2.24) is 29.3 Å². The first-order valence-corrected chi connectivity index (χ1v) is 10.3. The van der Waals surface area contributed by atoms with Crippen LogP contribution in [0.2, 0.25) is 0 Å². The van der Waals surface area contributed by atoms with E-state index < -0.39 is 0 Å². The highest BCUT2D eigenvalue weighted by atomic mass is 16.2. The van der Waals surface area contributed by atoms with Crippen LogP contribution in [0.3, 0.4) is 0 Å². The molecule has 0 unspecified atom stereocenters. The molecule has 2 aliphatic rings. The molecule has 8 nitrogen and oxygen atoms in total. The third-order valence-electron chi connectivity index (χ3n) is 5.59. The van der Waals surface area contributed by atoms with Gasteiger partial charge >= 0.3 is 0 Å². The highest BCUT2D eigenvalue weighted by molar-refractivity contribution is 5.94. The van der Waals surface area contributed by atoms with Crippen molar-refractivity contribution in [3.63, 3.8) is 0 Å². The Bertz CT molecular complexity index is 841. The van der Waals surface area contributed by atoms with Crippen LogP contribution in [0.15, 0.2) is 12.4 Å². The molecule has 1 saturated heterocycles. The monoisotopic (exact) mass is 383 g/mol. The van der Waals surface area contributed by atoms with E-state index >= 15 is 0 Å². The van der Waals surface area contributed by atoms with Gasteiger partial charge in [-0.15, -0.1) is 0 Å². The second-order valence-corrected chi connectivity index (χ2v) is 7.57. The molecule has 2 aromatic rings. The number of nitrogens with zero attached hydrogens (tertiary/aromatic N) is 6. The average Bonchev–Trinajstić information content (AvgIpc) is 3.39. The molecule has 4 rings (SSSR count). The van der Waals surface area contributed by atoms with E-state index in [1.54, 1.807) is 7.05 Å². The van der Waals surface area contributed by atoms with E-state index in [9.17, 15) is 4.79 Å².